The van der Waals surface area contributed by atoms with Gasteiger partial charge in [-0.1, -0.05) is 39.7 Å². The zero-order valence-electron chi connectivity index (χ0n) is 15.2. The zero-order chi connectivity index (χ0) is 19.8. The van der Waals surface area contributed by atoms with E-state index in [2.05, 4.69) is 21.2 Å². The number of benzene rings is 2. The molecule has 2 aromatic carbocycles. The molecule has 2 rings (SSSR count). The summed E-state index contributed by atoms with van der Waals surface area (Å²) in [7, 11) is 0. The number of hydrogen-bond donors (Lipinski definition) is 1. The third kappa shape index (κ3) is 6.56. The highest BCUT2D eigenvalue weighted by Crippen LogP contribution is 2.17. The molecule has 0 aromatic heterocycles. The largest absolute Gasteiger partial charge is 0.484 e. The molecule has 0 heterocycles. The number of nitrogens with zero attached hydrogens (tertiary/aromatic N) is 1. The molecular formula is C20H22BrClN2O3. The minimum Gasteiger partial charge on any atom is -0.484 e. The highest BCUT2D eigenvalue weighted by atomic mass is 79.9. The molecule has 0 aliphatic heterocycles. The van der Waals surface area contributed by atoms with Gasteiger partial charge in [-0.2, -0.15) is 0 Å². The molecule has 0 saturated carbocycles. The summed E-state index contributed by atoms with van der Waals surface area (Å²) in [6, 6.07) is 13.8. The van der Waals surface area contributed by atoms with Crippen molar-refractivity contribution in [1.29, 1.82) is 0 Å². The molecule has 144 valence electrons. The Morgan fingerprint density at radius 1 is 1.15 bits per heavy atom. The second kappa shape index (κ2) is 10.3. The third-order valence-electron chi connectivity index (χ3n) is 3.96. The number of rotatable bonds is 8. The Bertz CT molecular complexity index is 766. The molecular weight excluding hydrogens is 432 g/mol. The van der Waals surface area contributed by atoms with Crippen LogP contribution in [0, 0.1) is 0 Å². The van der Waals surface area contributed by atoms with Crippen molar-refractivity contribution in [2.24, 2.45) is 0 Å². The molecule has 1 atom stereocenters. The first-order chi connectivity index (χ1) is 12.9. The molecule has 0 fully saturated rings. The van der Waals surface area contributed by atoms with E-state index in [-0.39, 0.29) is 25.0 Å². The van der Waals surface area contributed by atoms with Crippen molar-refractivity contribution in [3.05, 3.63) is 63.6 Å². The third-order valence-corrected chi connectivity index (χ3v) is 4.74. The number of carbonyl (C=O) groups is 2. The van der Waals surface area contributed by atoms with Crippen LogP contribution in [0.25, 0.3) is 0 Å². The fourth-order valence-electron chi connectivity index (χ4n) is 2.45. The summed E-state index contributed by atoms with van der Waals surface area (Å²) in [4.78, 5) is 26.6. The molecule has 1 unspecified atom stereocenters. The van der Waals surface area contributed by atoms with E-state index >= 15 is 0 Å². The molecule has 2 aromatic rings. The van der Waals surface area contributed by atoms with Gasteiger partial charge in [-0.15, -0.1) is 0 Å². The average molecular weight is 454 g/mol. The second-order valence-electron chi connectivity index (χ2n) is 5.96. The van der Waals surface area contributed by atoms with Crippen LogP contribution < -0.4 is 10.1 Å². The summed E-state index contributed by atoms with van der Waals surface area (Å²) in [6.45, 7) is 4.18. The van der Waals surface area contributed by atoms with Crippen molar-refractivity contribution in [3.63, 3.8) is 0 Å². The van der Waals surface area contributed by atoms with Gasteiger partial charge >= 0.3 is 0 Å². The zero-order valence-corrected chi connectivity index (χ0v) is 17.6. The predicted molar refractivity (Wildman–Crippen MR) is 110 cm³/mol. The minimum absolute atomic E-state index is 0.154. The van der Waals surface area contributed by atoms with Gasteiger partial charge in [-0.25, -0.2) is 0 Å². The molecule has 0 radical (unpaired) electrons. The van der Waals surface area contributed by atoms with Crippen LogP contribution in [0.1, 0.15) is 19.4 Å². The van der Waals surface area contributed by atoms with E-state index < -0.39 is 6.04 Å². The maximum absolute atomic E-state index is 12.8. The minimum atomic E-state index is -0.623. The number of nitrogens with one attached hydrogen (secondary N) is 1. The van der Waals surface area contributed by atoms with Gasteiger partial charge in [0.15, 0.2) is 6.61 Å². The summed E-state index contributed by atoms with van der Waals surface area (Å²) < 4.78 is 6.51. The van der Waals surface area contributed by atoms with Crippen molar-refractivity contribution in [3.8, 4) is 5.75 Å². The number of amides is 2. The summed E-state index contributed by atoms with van der Waals surface area (Å²) in [6.07, 6.45) is 0. The summed E-state index contributed by atoms with van der Waals surface area (Å²) >= 11 is 9.28. The highest BCUT2D eigenvalue weighted by Gasteiger charge is 2.26. The SMILES string of the molecule is CCNC(=O)C(C)N(Cc1ccc(Cl)cc1)C(=O)COc1ccc(Br)cc1. The van der Waals surface area contributed by atoms with Gasteiger partial charge in [-0.3, -0.25) is 9.59 Å². The summed E-state index contributed by atoms with van der Waals surface area (Å²) in [5, 5.41) is 3.37. The van der Waals surface area contributed by atoms with E-state index in [1.165, 1.54) is 4.90 Å². The smallest absolute Gasteiger partial charge is 0.261 e. The van der Waals surface area contributed by atoms with Gasteiger partial charge in [0, 0.05) is 22.6 Å². The standard InChI is InChI=1S/C20H22BrClN2O3/c1-3-23-20(26)14(2)24(12-15-4-8-17(22)9-5-15)19(25)13-27-18-10-6-16(21)7-11-18/h4-11,14H,3,12-13H2,1-2H3,(H,23,26). The molecule has 27 heavy (non-hydrogen) atoms. The average Bonchev–Trinajstić information content (AvgIpc) is 2.66. The van der Waals surface area contributed by atoms with Gasteiger partial charge in [0.2, 0.25) is 5.91 Å². The van der Waals surface area contributed by atoms with Crippen LogP contribution >= 0.6 is 27.5 Å². The monoisotopic (exact) mass is 452 g/mol. The van der Waals surface area contributed by atoms with Crippen LogP contribution in [0.15, 0.2) is 53.0 Å². The molecule has 1 N–H and O–H groups in total. The van der Waals surface area contributed by atoms with Crippen LogP contribution in [0.5, 0.6) is 5.75 Å². The van der Waals surface area contributed by atoms with E-state index in [0.29, 0.717) is 17.3 Å². The number of ether oxygens (including phenoxy) is 1. The van der Waals surface area contributed by atoms with Crippen molar-refractivity contribution in [2.75, 3.05) is 13.2 Å². The first-order valence-electron chi connectivity index (χ1n) is 8.60. The van der Waals surface area contributed by atoms with E-state index in [0.717, 1.165) is 10.0 Å². The number of halogens is 2. The van der Waals surface area contributed by atoms with E-state index in [1.54, 1.807) is 31.2 Å². The van der Waals surface area contributed by atoms with Gasteiger partial charge in [0.1, 0.15) is 11.8 Å². The molecule has 0 spiro atoms. The fourth-order valence-corrected chi connectivity index (χ4v) is 2.84. The lowest BCUT2D eigenvalue weighted by atomic mass is 10.1. The van der Waals surface area contributed by atoms with Crippen molar-refractivity contribution in [1.82, 2.24) is 10.2 Å². The first-order valence-corrected chi connectivity index (χ1v) is 9.77. The van der Waals surface area contributed by atoms with Crippen LogP contribution in [-0.4, -0.2) is 35.9 Å². The Morgan fingerprint density at radius 2 is 1.78 bits per heavy atom. The Labute approximate surface area is 172 Å². The van der Waals surface area contributed by atoms with Crippen LogP contribution in [-0.2, 0) is 16.1 Å². The summed E-state index contributed by atoms with van der Waals surface area (Å²) in [5.41, 5.74) is 0.882. The number of carbonyl (C=O) groups excluding carboxylic acids is 2. The second-order valence-corrected chi connectivity index (χ2v) is 7.31. The van der Waals surface area contributed by atoms with Gasteiger partial charge in [-0.05, 0) is 55.8 Å². The number of likely N-dealkylation sites (N-methyl/N-ethyl adjacent to an activating group) is 1. The Kier molecular flexibility index (Phi) is 8.13. The maximum atomic E-state index is 12.8. The topological polar surface area (TPSA) is 58.6 Å². The highest BCUT2D eigenvalue weighted by molar-refractivity contribution is 9.10. The van der Waals surface area contributed by atoms with E-state index in [9.17, 15) is 9.59 Å². The summed E-state index contributed by atoms with van der Waals surface area (Å²) in [5.74, 6) is 0.110. The Hall–Kier alpha value is -2.05. The molecule has 0 bridgehead atoms. The predicted octanol–water partition coefficient (Wildman–Crippen LogP) is 4.03. The first kappa shape index (κ1) is 21.3. The Balaban J connectivity index is 2.11. The molecule has 0 saturated heterocycles. The molecule has 5 nitrogen and oxygen atoms in total. The van der Waals surface area contributed by atoms with Gasteiger partial charge in [0.25, 0.3) is 5.91 Å². The lowest BCUT2D eigenvalue weighted by Gasteiger charge is -2.28. The quantitative estimate of drug-likeness (QED) is 0.656. The molecule has 0 aliphatic carbocycles. The van der Waals surface area contributed by atoms with Crippen LogP contribution in [0.2, 0.25) is 5.02 Å². The van der Waals surface area contributed by atoms with Crippen molar-refractivity contribution < 1.29 is 14.3 Å². The normalized spacial score (nSPS) is 11.6. The van der Waals surface area contributed by atoms with Gasteiger partial charge in [0.05, 0.1) is 0 Å². The maximum Gasteiger partial charge on any atom is 0.261 e. The fraction of sp³-hybridized carbons (Fsp3) is 0.300. The molecule has 7 heteroatoms. The van der Waals surface area contributed by atoms with Crippen molar-refractivity contribution in [2.45, 2.75) is 26.4 Å². The number of hydrogen-bond acceptors (Lipinski definition) is 3. The molecule has 2 amide bonds. The van der Waals surface area contributed by atoms with E-state index in [4.69, 9.17) is 16.3 Å². The lowest BCUT2D eigenvalue weighted by Crippen LogP contribution is -2.49. The molecule has 0 aliphatic rings. The van der Waals surface area contributed by atoms with Crippen LogP contribution in [0.3, 0.4) is 0 Å². The van der Waals surface area contributed by atoms with Crippen molar-refractivity contribution >= 4 is 39.3 Å². The van der Waals surface area contributed by atoms with Crippen LogP contribution in [0.4, 0.5) is 0 Å². The van der Waals surface area contributed by atoms with Gasteiger partial charge < -0.3 is 15.0 Å². The lowest BCUT2D eigenvalue weighted by molar-refractivity contribution is -0.142. The van der Waals surface area contributed by atoms with E-state index in [1.807, 2.05) is 31.2 Å². The Morgan fingerprint density at radius 3 is 2.37 bits per heavy atom.